The lowest BCUT2D eigenvalue weighted by molar-refractivity contribution is 0.0283. The van der Waals surface area contributed by atoms with E-state index in [-0.39, 0.29) is 5.92 Å². The third-order valence-corrected chi connectivity index (χ3v) is 8.97. The number of fused-ring (bicyclic) bond motifs is 1. The molecule has 0 saturated heterocycles. The van der Waals surface area contributed by atoms with Crippen molar-refractivity contribution < 1.29 is 15.3 Å². The van der Waals surface area contributed by atoms with Crippen LogP contribution >= 0.6 is 0 Å². The van der Waals surface area contributed by atoms with Crippen molar-refractivity contribution in [2.45, 2.75) is 110 Å². The van der Waals surface area contributed by atoms with Crippen molar-refractivity contribution in [3.05, 3.63) is 35.5 Å². The minimum Gasteiger partial charge on any atom is -0.392 e. The Morgan fingerprint density at radius 1 is 1.23 bits per heavy atom. The topological polar surface area (TPSA) is 60.7 Å². The molecule has 3 saturated carbocycles. The van der Waals surface area contributed by atoms with E-state index in [9.17, 15) is 15.3 Å². The van der Waals surface area contributed by atoms with Crippen molar-refractivity contribution in [2.24, 2.45) is 29.1 Å². The van der Waals surface area contributed by atoms with Crippen LogP contribution in [0.25, 0.3) is 0 Å². The van der Waals surface area contributed by atoms with Crippen LogP contribution in [0, 0.1) is 29.1 Å². The van der Waals surface area contributed by atoms with E-state index < -0.39 is 17.8 Å². The molecule has 31 heavy (non-hydrogen) atoms. The molecule has 3 aliphatic carbocycles. The zero-order chi connectivity index (χ0) is 23.0. The van der Waals surface area contributed by atoms with Crippen molar-refractivity contribution in [1.29, 1.82) is 0 Å². The number of rotatable bonds is 6. The van der Waals surface area contributed by atoms with Gasteiger partial charge in [-0.3, -0.25) is 0 Å². The Hall–Kier alpha value is -0.900. The van der Waals surface area contributed by atoms with E-state index in [2.05, 4.69) is 32.6 Å². The Morgan fingerprint density at radius 3 is 2.61 bits per heavy atom. The Balaban J connectivity index is 1.71. The van der Waals surface area contributed by atoms with Crippen LogP contribution in [0.1, 0.15) is 92.4 Å². The summed E-state index contributed by atoms with van der Waals surface area (Å²) in [6.45, 7) is 14.8. The fraction of sp³-hybridized carbons (Fsp3) is 0.786. The molecule has 0 heterocycles. The van der Waals surface area contributed by atoms with Crippen LogP contribution in [0.5, 0.6) is 0 Å². The summed E-state index contributed by atoms with van der Waals surface area (Å²) >= 11 is 0. The fourth-order valence-electron chi connectivity index (χ4n) is 6.91. The number of aliphatic hydroxyl groups is 3. The van der Waals surface area contributed by atoms with Gasteiger partial charge in [-0.05, 0) is 93.1 Å². The van der Waals surface area contributed by atoms with E-state index in [0.29, 0.717) is 23.7 Å². The predicted molar refractivity (Wildman–Crippen MR) is 129 cm³/mol. The third-order valence-electron chi connectivity index (χ3n) is 8.97. The molecule has 0 spiro atoms. The van der Waals surface area contributed by atoms with Crippen molar-refractivity contribution >= 4 is 0 Å². The first-order chi connectivity index (χ1) is 14.4. The molecule has 7 atom stereocenters. The molecule has 0 radical (unpaired) electrons. The van der Waals surface area contributed by atoms with Gasteiger partial charge in [0, 0.05) is 5.92 Å². The SMILES string of the molecule is C=C1/C(=C\C=C2CCC[C@@]3(C)C2CC[C@@H]3[C@@H](C)CCCC(C)(C)O)C[C@@H](O)[C@@H](C)[C@@H]1O. The maximum Gasteiger partial charge on any atom is 0.0837 e. The molecule has 3 rings (SSSR count). The first-order valence-electron chi connectivity index (χ1n) is 12.6. The molecule has 176 valence electrons. The average Bonchev–Trinajstić information content (AvgIpc) is 3.04. The Bertz CT molecular complexity index is 712. The lowest BCUT2D eigenvalue weighted by Gasteiger charge is -2.44. The highest BCUT2D eigenvalue weighted by molar-refractivity contribution is 5.39. The normalized spacial score (nSPS) is 40.4. The summed E-state index contributed by atoms with van der Waals surface area (Å²) in [5.41, 5.74) is 3.15. The van der Waals surface area contributed by atoms with Crippen LogP contribution in [0.3, 0.4) is 0 Å². The minimum absolute atomic E-state index is 0.149. The van der Waals surface area contributed by atoms with Crippen molar-refractivity contribution in [3.8, 4) is 0 Å². The van der Waals surface area contributed by atoms with Gasteiger partial charge in [-0.15, -0.1) is 0 Å². The lowest BCUT2D eigenvalue weighted by atomic mass is 9.60. The number of hydrogen-bond acceptors (Lipinski definition) is 3. The molecule has 0 aromatic rings. The number of hydrogen-bond donors (Lipinski definition) is 3. The van der Waals surface area contributed by atoms with Gasteiger partial charge in [0.2, 0.25) is 0 Å². The summed E-state index contributed by atoms with van der Waals surface area (Å²) in [6.07, 6.45) is 13.4. The molecule has 1 unspecified atom stereocenters. The zero-order valence-corrected chi connectivity index (χ0v) is 20.5. The highest BCUT2D eigenvalue weighted by Gasteiger charge is 2.50. The third kappa shape index (κ3) is 5.37. The standard InChI is InChI=1S/C28H46O3/c1-18(9-7-15-27(4,5)31)23-13-14-24-21(10-8-16-28(23,24)6)11-12-22-17-25(29)20(3)26(30)19(22)2/h11-12,18,20,23-26,29-31H,2,7-10,13-17H2,1,3-6H3/b21-11?,22-12-/t18-,20+,23+,24?,25+,26+,28+/m0/s1. The van der Waals surface area contributed by atoms with Gasteiger partial charge in [-0.25, -0.2) is 0 Å². The largest absolute Gasteiger partial charge is 0.392 e. The summed E-state index contributed by atoms with van der Waals surface area (Å²) < 4.78 is 0. The van der Waals surface area contributed by atoms with Gasteiger partial charge in [0.1, 0.15) is 0 Å². The predicted octanol–water partition coefficient (Wildman–Crippen LogP) is 5.95. The molecule has 3 aliphatic rings. The van der Waals surface area contributed by atoms with Crippen molar-refractivity contribution in [1.82, 2.24) is 0 Å². The molecule has 0 aromatic carbocycles. The van der Waals surface area contributed by atoms with E-state index in [1.54, 1.807) is 5.57 Å². The maximum absolute atomic E-state index is 10.4. The Labute approximate surface area is 190 Å². The van der Waals surface area contributed by atoms with E-state index in [4.69, 9.17) is 0 Å². The summed E-state index contributed by atoms with van der Waals surface area (Å²) in [4.78, 5) is 0. The van der Waals surface area contributed by atoms with Gasteiger partial charge in [-0.1, -0.05) is 57.9 Å². The molecular weight excluding hydrogens is 384 g/mol. The molecular formula is C28H46O3. The van der Waals surface area contributed by atoms with Crippen LogP contribution < -0.4 is 0 Å². The van der Waals surface area contributed by atoms with Crippen LogP contribution in [-0.4, -0.2) is 33.1 Å². The van der Waals surface area contributed by atoms with Gasteiger partial charge in [0.05, 0.1) is 17.8 Å². The molecule has 0 amide bonds. The van der Waals surface area contributed by atoms with Crippen LogP contribution in [0.15, 0.2) is 35.5 Å². The van der Waals surface area contributed by atoms with Gasteiger partial charge in [-0.2, -0.15) is 0 Å². The molecule has 3 nitrogen and oxygen atoms in total. The molecule has 0 bridgehead atoms. The van der Waals surface area contributed by atoms with E-state index in [0.717, 1.165) is 36.3 Å². The van der Waals surface area contributed by atoms with Gasteiger partial charge in [0.15, 0.2) is 0 Å². The summed E-state index contributed by atoms with van der Waals surface area (Å²) in [5.74, 6) is 1.94. The van der Waals surface area contributed by atoms with Crippen LogP contribution in [-0.2, 0) is 0 Å². The van der Waals surface area contributed by atoms with Crippen molar-refractivity contribution in [3.63, 3.8) is 0 Å². The quantitative estimate of drug-likeness (QED) is 0.488. The summed E-state index contributed by atoms with van der Waals surface area (Å²) in [5, 5.41) is 30.7. The second-order valence-electron chi connectivity index (χ2n) is 11.8. The first kappa shape index (κ1) is 24.7. The fourth-order valence-corrected chi connectivity index (χ4v) is 6.91. The molecule has 3 fully saturated rings. The van der Waals surface area contributed by atoms with Gasteiger partial charge in [0.25, 0.3) is 0 Å². The molecule has 0 aromatic heterocycles. The van der Waals surface area contributed by atoms with Crippen molar-refractivity contribution in [2.75, 3.05) is 0 Å². The first-order valence-corrected chi connectivity index (χ1v) is 12.6. The number of allylic oxidation sites excluding steroid dienone is 3. The summed E-state index contributed by atoms with van der Waals surface area (Å²) in [6, 6.07) is 0. The highest BCUT2D eigenvalue weighted by Crippen LogP contribution is 2.60. The van der Waals surface area contributed by atoms with E-state index in [1.807, 2.05) is 20.8 Å². The summed E-state index contributed by atoms with van der Waals surface area (Å²) in [7, 11) is 0. The smallest absolute Gasteiger partial charge is 0.0837 e. The zero-order valence-electron chi connectivity index (χ0n) is 20.5. The van der Waals surface area contributed by atoms with Gasteiger partial charge < -0.3 is 15.3 Å². The molecule has 3 N–H and O–H groups in total. The molecule has 3 heteroatoms. The second kappa shape index (κ2) is 9.53. The Kier molecular flexibility index (Phi) is 7.61. The Morgan fingerprint density at radius 2 is 1.94 bits per heavy atom. The van der Waals surface area contributed by atoms with Gasteiger partial charge >= 0.3 is 0 Å². The second-order valence-corrected chi connectivity index (χ2v) is 11.8. The minimum atomic E-state index is -0.648. The molecule has 0 aliphatic heterocycles. The van der Waals surface area contributed by atoms with Crippen LogP contribution in [0.4, 0.5) is 0 Å². The lowest BCUT2D eigenvalue weighted by Crippen LogP contribution is -2.36. The number of aliphatic hydroxyl groups excluding tert-OH is 2. The maximum atomic E-state index is 10.4. The van der Waals surface area contributed by atoms with Crippen LogP contribution in [0.2, 0.25) is 0 Å². The van der Waals surface area contributed by atoms with E-state index >= 15 is 0 Å². The monoisotopic (exact) mass is 430 g/mol. The average molecular weight is 431 g/mol. The highest BCUT2D eigenvalue weighted by atomic mass is 16.3. The van der Waals surface area contributed by atoms with E-state index in [1.165, 1.54) is 32.1 Å².